The average Bonchev–Trinajstić information content (AvgIpc) is 3.38. The largest absolute Gasteiger partial charge is 0.383 e. The van der Waals surface area contributed by atoms with Crippen LogP contribution in [-0.4, -0.2) is 25.7 Å². The fourth-order valence-corrected chi connectivity index (χ4v) is 3.45. The molecule has 3 heterocycles. The molecule has 0 unspecified atom stereocenters. The van der Waals surface area contributed by atoms with Gasteiger partial charge in [0.1, 0.15) is 16.6 Å². The number of carbonyl (C=O) groups is 1. The van der Waals surface area contributed by atoms with Crippen LogP contribution in [0.2, 0.25) is 0 Å². The number of carbonyl (C=O) groups excluding carboxylic acids is 1. The summed E-state index contributed by atoms with van der Waals surface area (Å²) in [6, 6.07) is 6.22. The van der Waals surface area contributed by atoms with E-state index in [1.54, 1.807) is 29.3 Å². The van der Waals surface area contributed by atoms with Crippen molar-refractivity contribution in [2.24, 2.45) is 7.05 Å². The Hall–Kier alpha value is -3.59. The van der Waals surface area contributed by atoms with Crippen molar-refractivity contribution < 1.29 is 9.18 Å². The molecule has 146 valence electrons. The van der Waals surface area contributed by atoms with E-state index in [0.717, 1.165) is 16.1 Å². The average molecular weight is 408 g/mol. The molecule has 0 saturated heterocycles. The Labute approximate surface area is 170 Å². The molecule has 0 bridgehead atoms. The van der Waals surface area contributed by atoms with Crippen LogP contribution in [0.25, 0.3) is 22.3 Å². The molecule has 0 aliphatic heterocycles. The highest BCUT2D eigenvalue weighted by atomic mass is 32.1. The highest BCUT2D eigenvalue weighted by molar-refractivity contribution is 7.09. The smallest absolute Gasteiger partial charge is 0.254 e. The molecule has 0 spiro atoms. The summed E-state index contributed by atoms with van der Waals surface area (Å²) in [6.07, 6.45) is 6.87. The fourth-order valence-electron chi connectivity index (χ4n) is 2.89. The Bertz CT molecular complexity index is 1170. The zero-order valence-corrected chi connectivity index (χ0v) is 16.3. The van der Waals surface area contributed by atoms with Crippen LogP contribution in [-0.2, 0) is 13.6 Å². The first-order valence-corrected chi connectivity index (χ1v) is 9.60. The van der Waals surface area contributed by atoms with Gasteiger partial charge in [-0.25, -0.2) is 14.4 Å². The molecule has 0 atom stereocenters. The second-order valence-electron chi connectivity index (χ2n) is 6.36. The molecule has 0 aliphatic rings. The summed E-state index contributed by atoms with van der Waals surface area (Å²) in [5.74, 6) is -0.859. The van der Waals surface area contributed by atoms with Gasteiger partial charge in [0, 0.05) is 47.7 Å². The van der Waals surface area contributed by atoms with Crippen molar-refractivity contribution in [3.8, 4) is 22.3 Å². The van der Waals surface area contributed by atoms with E-state index < -0.39 is 11.7 Å². The number of nitrogens with one attached hydrogen (secondary N) is 1. The number of benzene rings is 1. The van der Waals surface area contributed by atoms with Crippen LogP contribution in [0.3, 0.4) is 0 Å². The Kier molecular flexibility index (Phi) is 5.05. The third kappa shape index (κ3) is 3.99. The number of rotatable bonds is 5. The summed E-state index contributed by atoms with van der Waals surface area (Å²) in [7, 11) is 1.82. The predicted molar refractivity (Wildman–Crippen MR) is 110 cm³/mol. The van der Waals surface area contributed by atoms with Gasteiger partial charge in [-0.15, -0.1) is 11.3 Å². The van der Waals surface area contributed by atoms with E-state index >= 15 is 0 Å². The number of nitrogens with zero attached hydrogens (tertiary/aromatic N) is 4. The van der Waals surface area contributed by atoms with Gasteiger partial charge in [0.15, 0.2) is 0 Å². The van der Waals surface area contributed by atoms with Crippen LogP contribution in [0.15, 0.2) is 54.4 Å². The van der Waals surface area contributed by atoms with Crippen LogP contribution in [0.4, 0.5) is 10.2 Å². The standard InChI is InChI=1S/C20H17FN6OS/c1-27-11-14(9-26-27)13-6-16(19(22)24-8-13)12-2-3-15(17(21)7-12)20(28)25-10-18-23-4-5-29-18/h2-9,11H,10H2,1H3,(H2,22,24)(H,25,28). The summed E-state index contributed by atoms with van der Waals surface area (Å²) < 4.78 is 16.3. The third-order valence-electron chi connectivity index (χ3n) is 4.37. The van der Waals surface area contributed by atoms with Crippen molar-refractivity contribution in [3.05, 3.63) is 70.8 Å². The number of thiazole rings is 1. The van der Waals surface area contributed by atoms with Gasteiger partial charge < -0.3 is 11.1 Å². The van der Waals surface area contributed by atoms with Crippen molar-refractivity contribution in [2.75, 3.05) is 5.73 Å². The molecule has 4 aromatic rings. The topological polar surface area (TPSA) is 98.7 Å². The highest BCUT2D eigenvalue weighted by Crippen LogP contribution is 2.30. The van der Waals surface area contributed by atoms with Gasteiger partial charge in [-0.05, 0) is 23.8 Å². The number of hydrogen-bond acceptors (Lipinski definition) is 6. The molecule has 0 fully saturated rings. The highest BCUT2D eigenvalue weighted by Gasteiger charge is 2.15. The number of pyridine rings is 1. The molecule has 0 saturated carbocycles. The SMILES string of the molecule is Cn1cc(-c2cnc(N)c(-c3ccc(C(=O)NCc4nccs4)c(F)c3)c2)cn1. The number of anilines is 1. The molecule has 3 aromatic heterocycles. The minimum absolute atomic E-state index is 0.0414. The zero-order valence-electron chi connectivity index (χ0n) is 15.5. The summed E-state index contributed by atoms with van der Waals surface area (Å²) in [5, 5.41) is 9.38. The molecule has 1 amide bonds. The van der Waals surface area contributed by atoms with Gasteiger partial charge in [-0.2, -0.15) is 5.10 Å². The van der Waals surface area contributed by atoms with E-state index in [9.17, 15) is 9.18 Å². The normalized spacial score (nSPS) is 10.8. The predicted octanol–water partition coefficient (Wildman–Crippen LogP) is 3.26. The van der Waals surface area contributed by atoms with E-state index in [1.807, 2.05) is 24.7 Å². The molecule has 9 heteroatoms. The van der Waals surface area contributed by atoms with E-state index in [1.165, 1.54) is 23.5 Å². The van der Waals surface area contributed by atoms with Gasteiger partial charge >= 0.3 is 0 Å². The van der Waals surface area contributed by atoms with Crippen molar-refractivity contribution in [2.45, 2.75) is 6.54 Å². The fraction of sp³-hybridized carbons (Fsp3) is 0.100. The summed E-state index contributed by atoms with van der Waals surface area (Å²) in [4.78, 5) is 20.6. The maximum atomic E-state index is 14.7. The van der Waals surface area contributed by atoms with Gasteiger partial charge in [0.25, 0.3) is 5.91 Å². The van der Waals surface area contributed by atoms with Gasteiger partial charge in [0.2, 0.25) is 0 Å². The van der Waals surface area contributed by atoms with Crippen molar-refractivity contribution in [3.63, 3.8) is 0 Å². The minimum atomic E-state index is -0.634. The molecule has 29 heavy (non-hydrogen) atoms. The quantitative estimate of drug-likeness (QED) is 0.528. The maximum Gasteiger partial charge on any atom is 0.254 e. The number of aromatic nitrogens is 4. The van der Waals surface area contributed by atoms with E-state index in [4.69, 9.17) is 5.73 Å². The minimum Gasteiger partial charge on any atom is -0.383 e. The first kappa shape index (κ1) is 18.8. The monoisotopic (exact) mass is 408 g/mol. The molecular formula is C20H17FN6OS. The van der Waals surface area contributed by atoms with Gasteiger partial charge in [-0.3, -0.25) is 9.48 Å². The Morgan fingerprint density at radius 2 is 2.07 bits per heavy atom. The Morgan fingerprint density at radius 1 is 1.21 bits per heavy atom. The summed E-state index contributed by atoms with van der Waals surface area (Å²) in [5.41, 5.74) is 8.78. The molecule has 0 aliphatic carbocycles. The van der Waals surface area contributed by atoms with E-state index in [2.05, 4.69) is 20.4 Å². The number of nitrogen functional groups attached to an aromatic ring is 1. The van der Waals surface area contributed by atoms with Crippen LogP contribution in [0, 0.1) is 5.82 Å². The van der Waals surface area contributed by atoms with E-state index in [-0.39, 0.29) is 17.9 Å². The Morgan fingerprint density at radius 3 is 2.76 bits per heavy atom. The van der Waals surface area contributed by atoms with Gasteiger partial charge in [-0.1, -0.05) is 6.07 Å². The van der Waals surface area contributed by atoms with Crippen LogP contribution in [0.5, 0.6) is 0 Å². The second-order valence-corrected chi connectivity index (χ2v) is 7.34. The lowest BCUT2D eigenvalue weighted by molar-refractivity contribution is 0.0947. The third-order valence-corrected chi connectivity index (χ3v) is 5.14. The lowest BCUT2D eigenvalue weighted by atomic mass is 10.0. The van der Waals surface area contributed by atoms with Crippen molar-refractivity contribution >= 4 is 23.1 Å². The number of amides is 1. The van der Waals surface area contributed by atoms with Crippen LogP contribution >= 0.6 is 11.3 Å². The lowest BCUT2D eigenvalue weighted by Gasteiger charge is -2.10. The summed E-state index contributed by atoms with van der Waals surface area (Å²) in [6.45, 7) is 0.252. The molecular weight excluding hydrogens is 391 g/mol. The number of aryl methyl sites for hydroxylation is 1. The molecule has 4 rings (SSSR count). The number of halogens is 1. The van der Waals surface area contributed by atoms with E-state index in [0.29, 0.717) is 11.1 Å². The zero-order chi connectivity index (χ0) is 20.4. The molecule has 0 radical (unpaired) electrons. The number of hydrogen-bond donors (Lipinski definition) is 2. The van der Waals surface area contributed by atoms with Crippen LogP contribution < -0.4 is 11.1 Å². The molecule has 3 N–H and O–H groups in total. The van der Waals surface area contributed by atoms with Crippen molar-refractivity contribution in [1.82, 2.24) is 25.1 Å². The molecule has 7 nitrogen and oxygen atoms in total. The molecule has 1 aromatic carbocycles. The number of nitrogens with two attached hydrogens (primary N) is 1. The first-order chi connectivity index (χ1) is 14.0. The summed E-state index contributed by atoms with van der Waals surface area (Å²) >= 11 is 1.42. The van der Waals surface area contributed by atoms with Crippen molar-refractivity contribution in [1.29, 1.82) is 0 Å². The second kappa shape index (κ2) is 7.80. The van der Waals surface area contributed by atoms with Crippen LogP contribution in [0.1, 0.15) is 15.4 Å². The van der Waals surface area contributed by atoms with Gasteiger partial charge in [0.05, 0.1) is 18.3 Å². The maximum absolute atomic E-state index is 14.7. The Balaban J connectivity index is 1.59. The lowest BCUT2D eigenvalue weighted by Crippen LogP contribution is -2.23. The first-order valence-electron chi connectivity index (χ1n) is 8.72.